The third kappa shape index (κ3) is 2.51. The molecule has 0 nitrogen and oxygen atoms in total. The van der Waals surface area contributed by atoms with E-state index in [1.807, 2.05) is 12.1 Å². The van der Waals surface area contributed by atoms with Crippen LogP contribution in [0.25, 0.3) is 0 Å². The minimum Gasteiger partial charge on any atom is -0.206 e. The molecule has 0 bridgehead atoms. The van der Waals surface area contributed by atoms with Crippen LogP contribution >= 0.6 is 24.4 Å². The number of hydrogen-bond donors (Lipinski definition) is 1. The minimum atomic E-state index is -0.101. The molecule has 1 aromatic rings. The molecule has 0 spiro atoms. The Morgan fingerprint density at radius 3 is 2.60 bits per heavy atom. The average Bonchev–Trinajstić information content (AvgIpc) is 2.19. The summed E-state index contributed by atoms with van der Waals surface area (Å²) in [5.74, 6) is 1.82. The lowest BCUT2D eigenvalue weighted by Crippen LogP contribution is -2.33. The van der Waals surface area contributed by atoms with Gasteiger partial charge in [0.1, 0.15) is 5.82 Å². The van der Waals surface area contributed by atoms with Crippen molar-refractivity contribution in [2.75, 3.05) is 11.5 Å². The Labute approximate surface area is 100 Å². The summed E-state index contributed by atoms with van der Waals surface area (Å²) in [6, 6.07) is 7.00. The molecule has 0 N–H and O–H groups in total. The van der Waals surface area contributed by atoms with Crippen molar-refractivity contribution in [3.63, 3.8) is 0 Å². The molecule has 0 heterocycles. The third-order valence-corrected chi connectivity index (χ3v) is 5.19. The van der Waals surface area contributed by atoms with Crippen molar-refractivity contribution in [3.05, 3.63) is 30.1 Å². The lowest BCUT2D eigenvalue weighted by molar-refractivity contribution is 0.205. The van der Waals surface area contributed by atoms with Gasteiger partial charge in [0.25, 0.3) is 0 Å². The van der Waals surface area contributed by atoms with Crippen molar-refractivity contribution in [1.82, 2.24) is 0 Å². The van der Waals surface area contributed by atoms with Crippen LogP contribution in [0.2, 0.25) is 0 Å². The normalized spacial score (nSPS) is 18.5. The molecule has 0 aliphatic heterocycles. The molecule has 0 aromatic heterocycles. The molecule has 1 aliphatic carbocycles. The van der Waals surface area contributed by atoms with E-state index in [0.29, 0.717) is 5.41 Å². The molecule has 1 aliphatic rings. The van der Waals surface area contributed by atoms with Gasteiger partial charge in [-0.1, -0.05) is 18.6 Å². The van der Waals surface area contributed by atoms with Crippen molar-refractivity contribution in [2.24, 2.45) is 5.41 Å². The van der Waals surface area contributed by atoms with Gasteiger partial charge in [0, 0.05) is 10.6 Å². The monoisotopic (exact) mass is 242 g/mol. The quantitative estimate of drug-likeness (QED) is 0.614. The molecule has 1 saturated carbocycles. The first kappa shape index (κ1) is 11.3. The number of rotatable bonds is 4. The summed E-state index contributed by atoms with van der Waals surface area (Å²) in [6.45, 7) is 0. The largest absolute Gasteiger partial charge is 0.206 e. The second kappa shape index (κ2) is 4.79. The summed E-state index contributed by atoms with van der Waals surface area (Å²) in [5.41, 5.74) is 0.371. The molecule has 0 unspecified atom stereocenters. The van der Waals surface area contributed by atoms with Crippen molar-refractivity contribution < 1.29 is 4.39 Å². The van der Waals surface area contributed by atoms with Gasteiger partial charge in [0.2, 0.25) is 0 Å². The van der Waals surface area contributed by atoms with E-state index in [1.54, 1.807) is 17.8 Å². The second-order valence-corrected chi connectivity index (χ2v) is 5.56. The first-order chi connectivity index (χ1) is 7.26. The first-order valence-corrected chi connectivity index (χ1v) is 6.86. The van der Waals surface area contributed by atoms with Crippen LogP contribution in [0.4, 0.5) is 4.39 Å². The summed E-state index contributed by atoms with van der Waals surface area (Å²) in [6.07, 6.45) is 3.80. The van der Waals surface area contributed by atoms with E-state index in [4.69, 9.17) is 0 Å². The third-order valence-electron chi connectivity index (χ3n) is 3.12. The summed E-state index contributed by atoms with van der Waals surface area (Å²) < 4.78 is 13.4. The molecule has 2 rings (SSSR count). The van der Waals surface area contributed by atoms with E-state index in [2.05, 4.69) is 12.6 Å². The Morgan fingerprint density at radius 1 is 1.33 bits per heavy atom. The molecule has 1 aromatic carbocycles. The maximum atomic E-state index is 13.4. The van der Waals surface area contributed by atoms with E-state index in [-0.39, 0.29) is 5.82 Å². The number of benzene rings is 1. The molecule has 82 valence electrons. The van der Waals surface area contributed by atoms with Gasteiger partial charge >= 0.3 is 0 Å². The van der Waals surface area contributed by atoms with Gasteiger partial charge in [-0.15, -0.1) is 11.8 Å². The van der Waals surface area contributed by atoms with Crippen molar-refractivity contribution in [1.29, 1.82) is 0 Å². The summed E-state index contributed by atoms with van der Waals surface area (Å²) in [4.78, 5) is 0.769. The van der Waals surface area contributed by atoms with Gasteiger partial charge < -0.3 is 0 Å². The Balaban J connectivity index is 1.95. The van der Waals surface area contributed by atoms with Gasteiger partial charge in [-0.25, -0.2) is 4.39 Å². The predicted molar refractivity (Wildman–Crippen MR) is 67.3 cm³/mol. The Morgan fingerprint density at radius 2 is 2.07 bits per heavy atom. The van der Waals surface area contributed by atoms with Crippen LogP contribution in [0.5, 0.6) is 0 Å². The van der Waals surface area contributed by atoms with Crippen LogP contribution in [0, 0.1) is 11.2 Å². The first-order valence-electron chi connectivity index (χ1n) is 5.24. The zero-order valence-electron chi connectivity index (χ0n) is 8.58. The van der Waals surface area contributed by atoms with Gasteiger partial charge in [-0.2, -0.15) is 12.6 Å². The maximum Gasteiger partial charge on any atom is 0.136 e. The van der Waals surface area contributed by atoms with Crippen LogP contribution in [0.15, 0.2) is 29.2 Å². The highest BCUT2D eigenvalue weighted by atomic mass is 32.2. The topological polar surface area (TPSA) is 0 Å². The van der Waals surface area contributed by atoms with E-state index >= 15 is 0 Å². The minimum absolute atomic E-state index is 0.101. The highest BCUT2D eigenvalue weighted by Gasteiger charge is 2.35. The zero-order chi connectivity index (χ0) is 10.7. The number of thioether (sulfide) groups is 1. The van der Waals surface area contributed by atoms with Crippen molar-refractivity contribution >= 4 is 24.4 Å². The van der Waals surface area contributed by atoms with Crippen LogP contribution in [0.3, 0.4) is 0 Å². The SMILES string of the molecule is Fc1ccccc1SCC1(CS)CCC1. The molecular weight excluding hydrogens is 227 g/mol. The highest BCUT2D eigenvalue weighted by molar-refractivity contribution is 7.99. The lowest BCUT2D eigenvalue weighted by Gasteiger charge is -2.40. The predicted octanol–water partition coefficient (Wildman–Crippen LogP) is 4.02. The fourth-order valence-electron chi connectivity index (χ4n) is 1.82. The maximum absolute atomic E-state index is 13.4. The second-order valence-electron chi connectivity index (χ2n) is 4.23. The van der Waals surface area contributed by atoms with Gasteiger partial charge in [0.15, 0.2) is 0 Å². The average molecular weight is 242 g/mol. The highest BCUT2D eigenvalue weighted by Crippen LogP contribution is 2.45. The molecule has 0 amide bonds. The van der Waals surface area contributed by atoms with Crippen LogP contribution in [-0.2, 0) is 0 Å². The molecule has 0 radical (unpaired) electrons. The van der Waals surface area contributed by atoms with Crippen molar-refractivity contribution in [3.8, 4) is 0 Å². The van der Waals surface area contributed by atoms with E-state index in [0.717, 1.165) is 16.4 Å². The van der Waals surface area contributed by atoms with Gasteiger partial charge in [-0.3, -0.25) is 0 Å². The number of thiol groups is 1. The molecular formula is C12H15FS2. The fraction of sp³-hybridized carbons (Fsp3) is 0.500. The molecule has 3 heteroatoms. The van der Waals surface area contributed by atoms with E-state index < -0.39 is 0 Å². The number of hydrogen-bond acceptors (Lipinski definition) is 2. The molecule has 0 atom stereocenters. The van der Waals surface area contributed by atoms with Crippen molar-refractivity contribution in [2.45, 2.75) is 24.2 Å². The summed E-state index contributed by atoms with van der Waals surface area (Å²) >= 11 is 6.03. The van der Waals surface area contributed by atoms with Crippen LogP contribution in [0.1, 0.15) is 19.3 Å². The summed E-state index contributed by atoms with van der Waals surface area (Å²) in [7, 11) is 0. The van der Waals surface area contributed by atoms with Crippen LogP contribution < -0.4 is 0 Å². The van der Waals surface area contributed by atoms with E-state index in [1.165, 1.54) is 25.3 Å². The number of halogens is 1. The van der Waals surface area contributed by atoms with E-state index in [9.17, 15) is 4.39 Å². The molecule has 15 heavy (non-hydrogen) atoms. The molecule has 0 saturated heterocycles. The van der Waals surface area contributed by atoms with Gasteiger partial charge in [-0.05, 0) is 36.1 Å². The Bertz CT molecular complexity index is 329. The summed E-state index contributed by atoms with van der Waals surface area (Å²) in [5, 5.41) is 0. The lowest BCUT2D eigenvalue weighted by atomic mass is 9.72. The Kier molecular flexibility index (Phi) is 3.62. The van der Waals surface area contributed by atoms with Gasteiger partial charge in [0.05, 0.1) is 0 Å². The smallest absolute Gasteiger partial charge is 0.136 e. The Hall–Kier alpha value is -0.150. The fourth-order valence-corrected chi connectivity index (χ4v) is 3.63. The molecule has 1 fully saturated rings. The standard InChI is InChI=1S/C12H15FS2/c13-10-4-1-2-5-11(10)15-9-12(8-14)6-3-7-12/h1-2,4-5,14H,3,6-9H2. The van der Waals surface area contributed by atoms with Crippen LogP contribution in [-0.4, -0.2) is 11.5 Å². The zero-order valence-corrected chi connectivity index (χ0v) is 10.3.